The lowest BCUT2D eigenvalue weighted by atomic mass is 10.0. The van der Waals surface area contributed by atoms with Crippen LogP contribution in [-0.4, -0.2) is 28.9 Å². The maximum Gasteiger partial charge on any atom is 0.256 e. The summed E-state index contributed by atoms with van der Waals surface area (Å²) >= 11 is 6.08. The van der Waals surface area contributed by atoms with E-state index in [0.717, 1.165) is 53.8 Å². The smallest absolute Gasteiger partial charge is 0.256 e. The molecule has 26 heavy (non-hydrogen) atoms. The molecule has 0 unspecified atom stereocenters. The van der Waals surface area contributed by atoms with Crippen molar-refractivity contribution in [3.63, 3.8) is 0 Å². The van der Waals surface area contributed by atoms with Crippen molar-refractivity contribution in [3.05, 3.63) is 64.8 Å². The second kappa shape index (κ2) is 6.96. The van der Waals surface area contributed by atoms with E-state index in [1.54, 1.807) is 6.20 Å². The second-order valence-electron chi connectivity index (χ2n) is 6.65. The zero-order chi connectivity index (χ0) is 18.1. The van der Waals surface area contributed by atoms with Gasteiger partial charge in [-0.25, -0.2) is 4.98 Å². The molecular formula is C21H20ClN3O. The molecule has 0 aliphatic carbocycles. The number of fused-ring (bicyclic) bond motifs is 1. The number of amides is 1. The van der Waals surface area contributed by atoms with Gasteiger partial charge in [0.15, 0.2) is 0 Å². The molecule has 1 saturated heterocycles. The van der Waals surface area contributed by atoms with Gasteiger partial charge < -0.3 is 10.2 Å². The van der Waals surface area contributed by atoms with Crippen LogP contribution in [0.25, 0.3) is 10.8 Å². The molecule has 0 atom stereocenters. The van der Waals surface area contributed by atoms with E-state index in [-0.39, 0.29) is 5.91 Å². The topological polar surface area (TPSA) is 45.2 Å². The number of aryl methyl sites for hydroxylation is 1. The zero-order valence-electron chi connectivity index (χ0n) is 14.6. The average molecular weight is 366 g/mol. The highest BCUT2D eigenvalue weighted by atomic mass is 35.5. The number of halogens is 1. The molecule has 5 heteroatoms. The molecule has 1 aliphatic heterocycles. The Hall–Kier alpha value is -2.59. The predicted octanol–water partition coefficient (Wildman–Crippen LogP) is 5.18. The molecule has 1 N–H and O–H groups in total. The van der Waals surface area contributed by atoms with Gasteiger partial charge in [0, 0.05) is 40.8 Å². The third kappa shape index (κ3) is 3.13. The lowest BCUT2D eigenvalue weighted by molar-refractivity contribution is 0.0794. The summed E-state index contributed by atoms with van der Waals surface area (Å²) in [6.07, 6.45) is 3.85. The lowest BCUT2D eigenvalue weighted by Gasteiger charge is -2.18. The molecule has 4 rings (SSSR count). The largest absolute Gasteiger partial charge is 0.340 e. The van der Waals surface area contributed by atoms with E-state index < -0.39 is 0 Å². The highest BCUT2D eigenvalue weighted by molar-refractivity contribution is 6.30. The highest BCUT2D eigenvalue weighted by Crippen LogP contribution is 2.31. The SMILES string of the molecule is Cc1cccc2c(Nc3cccc(Cl)c3)ncc(C(=O)N3CCCC3)c12. The van der Waals surface area contributed by atoms with Crippen LogP contribution in [0.1, 0.15) is 28.8 Å². The number of nitrogens with one attached hydrogen (secondary N) is 1. The molecule has 2 aromatic carbocycles. The number of anilines is 2. The van der Waals surface area contributed by atoms with E-state index >= 15 is 0 Å². The van der Waals surface area contributed by atoms with Gasteiger partial charge in [-0.3, -0.25) is 4.79 Å². The van der Waals surface area contributed by atoms with Crippen LogP contribution in [0.5, 0.6) is 0 Å². The van der Waals surface area contributed by atoms with Crippen LogP contribution in [0.15, 0.2) is 48.7 Å². The van der Waals surface area contributed by atoms with Gasteiger partial charge in [0.2, 0.25) is 0 Å². The molecular weight excluding hydrogens is 346 g/mol. The van der Waals surface area contributed by atoms with Crippen molar-refractivity contribution in [2.75, 3.05) is 18.4 Å². The Balaban J connectivity index is 1.80. The van der Waals surface area contributed by atoms with Crippen LogP contribution < -0.4 is 5.32 Å². The number of nitrogens with zero attached hydrogens (tertiary/aromatic N) is 2. The Labute approximate surface area is 157 Å². The van der Waals surface area contributed by atoms with Crippen LogP contribution in [0.2, 0.25) is 5.02 Å². The van der Waals surface area contributed by atoms with E-state index in [2.05, 4.69) is 10.3 Å². The van der Waals surface area contributed by atoms with E-state index in [9.17, 15) is 4.79 Å². The fourth-order valence-electron chi connectivity index (χ4n) is 3.54. The van der Waals surface area contributed by atoms with Gasteiger partial charge >= 0.3 is 0 Å². The molecule has 2 heterocycles. The van der Waals surface area contributed by atoms with E-state index in [0.29, 0.717) is 10.6 Å². The maximum atomic E-state index is 13.0. The monoisotopic (exact) mass is 365 g/mol. The number of carbonyl (C=O) groups excluding carboxylic acids is 1. The van der Waals surface area contributed by atoms with E-state index in [1.807, 2.05) is 54.3 Å². The van der Waals surface area contributed by atoms with Gasteiger partial charge in [0.05, 0.1) is 5.56 Å². The van der Waals surface area contributed by atoms with Gasteiger partial charge in [-0.1, -0.05) is 35.9 Å². The third-order valence-corrected chi connectivity index (χ3v) is 5.07. The van der Waals surface area contributed by atoms with Crippen LogP contribution in [-0.2, 0) is 0 Å². The van der Waals surface area contributed by atoms with Crippen LogP contribution in [0.4, 0.5) is 11.5 Å². The van der Waals surface area contributed by atoms with Gasteiger partial charge in [-0.05, 0) is 43.5 Å². The van der Waals surface area contributed by atoms with Gasteiger partial charge in [-0.2, -0.15) is 0 Å². The maximum absolute atomic E-state index is 13.0. The van der Waals surface area contributed by atoms with Crippen molar-refractivity contribution in [2.45, 2.75) is 19.8 Å². The molecule has 0 bridgehead atoms. The molecule has 132 valence electrons. The van der Waals surface area contributed by atoms with Gasteiger partial charge in [-0.15, -0.1) is 0 Å². The first-order valence-electron chi connectivity index (χ1n) is 8.84. The average Bonchev–Trinajstić information content (AvgIpc) is 3.17. The van der Waals surface area contributed by atoms with E-state index in [4.69, 9.17) is 11.6 Å². The standard InChI is InChI=1S/C21H20ClN3O/c1-14-6-4-9-17-19(14)18(21(26)25-10-2-3-11-25)13-23-20(17)24-16-8-5-7-15(22)12-16/h4-9,12-13H,2-3,10-11H2,1H3,(H,23,24). The number of hydrogen-bond donors (Lipinski definition) is 1. The number of benzene rings is 2. The zero-order valence-corrected chi connectivity index (χ0v) is 15.4. The number of carbonyl (C=O) groups is 1. The van der Waals surface area contributed by atoms with Gasteiger partial charge in [0.1, 0.15) is 5.82 Å². The number of likely N-dealkylation sites (tertiary alicyclic amines) is 1. The van der Waals surface area contributed by atoms with Crippen molar-refractivity contribution in [3.8, 4) is 0 Å². The highest BCUT2D eigenvalue weighted by Gasteiger charge is 2.23. The molecule has 0 saturated carbocycles. The van der Waals surface area contributed by atoms with Crippen molar-refractivity contribution in [1.82, 2.24) is 9.88 Å². The van der Waals surface area contributed by atoms with Crippen molar-refractivity contribution in [1.29, 1.82) is 0 Å². The summed E-state index contributed by atoms with van der Waals surface area (Å²) in [6.45, 7) is 3.69. The Morgan fingerprint density at radius 2 is 1.92 bits per heavy atom. The van der Waals surface area contributed by atoms with Gasteiger partial charge in [0.25, 0.3) is 5.91 Å². The predicted molar refractivity (Wildman–Crippen MR) is 106 cm³/mol. The summed E-state index contributed by atoms with van der Waals surface area (Å²) in [5.74, 6) is 0.799. The second-order valence-corrected chi connectivity index (χ2v) is 7.09. The minimum Gasteiger partial charge on any atom is -0.340 e. The van der Waals surface area contributed by atoms with Crippen LogP contribution in [0, 0.1) is 6.92 Å². The number of pyridine rings is 1. The summed E-state index contributed by atoms with van der Waals surface area (Å²) < 4.78 is 0. The summed E-state index contributed by atoms with van der Waals surface area (Å²) in [7, 11) is 0. The molecule has 1 aromatic heterocycles. The van der Waals surface area contributed by atoms with Crippen molar-refractivity contribution >= 4 is 39.8 Å². The minimum atomic E-state index is 0.0728. The Bertz CT molecular complexity index is 980. The third-order valence-electron chi connectivity index (χ3n) is 4.83. The first kappa shape index (κ1) is 16.9. The quantitative estimate of drug-likeness (QED) is 0.695. The van der Waals surface area contributed by atoms with Crippen molar-refractivity contribution in [2.24, 2.45) is 0 Å². The lowest BCUT2D eigenvalue weighted by Crippen LogP contribution is -2.28. The summed E-state index contributed by atoms with van der Waals surface area (Å²) in [5.41, 5.74) is 2.62. The van der Waals surface area contributed by atoms with Crippen LogP contribution >= 0.6 is 11.6 Å². The van der Waals surface area contributed by atoms with Crippen LogP contribution in [0.3, 0.4) is 0 Å². The van der Waals surface area contributed by atoms with E-state index in [1.165, 1.54) is 0 Å². The summed E-state index contributed by atoms with van der Waals surface area (Å²) in [6, 6.07) is 13.6. The molecule has 1 fully saturated rings. The summed E-state index contributed by atoms with van der Waals surface area (Å²) in [4.78, 5) is 19.5. The number of hydrogen-bond acceptors (Lipinski definition) is 3. The fraction of sp³-hybridized carbons (Fsp3) is 0.238. The number of rotatable bonds is 3. The Morgan fingerprint density at radius 3 is 2.69 bits per heavy atom. The number of aromatic nitrogens is 1. The first-order valence-corrected chi connectivity index (χ1v) is 9.21. The Morgan fingerprint density at radius 1 is 1.15 bits per heavy atom. The fourth-order valence-corrected chi connectivity index (χ4v) is 3.73. The normalized spacial score (nSPS) is 14.0. The molecule has 1 aliphatic rings. The molecule has 1 amide bonds. The molecule has 0 radical (unpaired) electrons. The molecule has 3 aromatic rings. The minimum absolute atomic E-state index is 0.0728. The molecule has 4 nitrogen and oxygen atoms in total. The molecule has 0 spiro atoms. The summed E-state index contributed by atoms with van der Waals surface area (Å²) in [5, 5.41) is 5.90. The first-order chi connectivity index (χ1) is 12.6. The Kier molecular flexibility index (Phi) is 4.51. The van der Waals surface area contributed by atoms with Crippen molar-refractivity contribution < 1.29 is 4.79 Å².